The molecular weight excluding hydrogens is 162 g/mol. The van der Waals surface area contributed by atoms with Gasteiger partial charge in [-0.2, -0.15) is 0 Å². The van der Waals surface area contributed by atoms with Crippen molar-refractivity contribution in [1.82, 2.24) is 14.9 Å². The Labute approximate surface area is 79.2 Å². The van der Waals surface area contributed by atoms with Crippen molar-refractivity contribution in [2.24, 2.45) is 0 Å². The standard InChI is InChI=1S/C10H17N3/c1-8-9(2)13(7-12-8)6-5-11-10-3-4-10/h7,10-11H,3-6H2,1-2H3. The van der Waals surface area contributed by atoms with Crippen LogP contribution in [0.3, 0.4) is 0 Å². The van der Waals surface area contributed by atoms with Crippen molar-refractivity contribution in [1.29, 1.82) is 0 Å². The number of hydrogen-bond donors (Lipinski definition) is 1. The lowest BCUT2D eigenvalue weighted by Crippen LogP contribution is -2.21. The Morgan fingerprint density at radius 2 is 2.31 bits per heavy atom. The second kappa shape index (κ2) is 3.50. The minimum absolute atomic E-state index is 0.810. The number of rotatable bonds is 4. The summed E-state index contributed by atoms with van der Waals surface area (Å²) in [7, 11) is 0. The summed E-state index contributed by atoms with van der Waals surface area (Å²) in [5, 5.41) is 3.49. The van der Waals surface area contributed by atoms with E-state index in [1.54, 1.807) is 0 Å². The first kappa shape index (κ1) is 8.75. The highest BCUT2D eigenvalue weighted by molar-refractivity contribution is 5.08. The predicted molar refractivity (Wildman–Crippen MR) is 52.7 cm³/mol. The Morgan fingerprint density at radius 1 is 1.54 bits per heavy atom. The van der Waals surface area contributed by atoms with Crippen molar-refractivity contribution in [3.63, 3.8) is 0 Å². The van der Waals surface area contributed by atoms with Crippen molar-refractivity contribution < 1.29 is 0 Å². The van der Waals surface area contributed by atoms with Gasteiger partial charge in [-0.25, -0.2) is 4.98 Å². The summed E-state index contributed by atoms with van der Waals surface area (Å²) in [6.07, 6.45) is 4.66. The van der Waals surface area contributed by atoms with Gasteiger partial charge in [0.15, 0.2) is 0 Å². The Morgan fingerprint density at radius 3 is 2.85 bits per heavy atom. The summed E-state index contributed by atoms with van der Waals surface area (Å²) in [6, 6.07) is 0.810. The third-order valence-electron chi connectivity index (χ3n) is 2.71. The molecule has 1 fully saturated rings. The van der Waals surface area contributed by atoms with E-state index in [4.69, 9.17) is 0 Å². The number of nitrogens with one attached hydrogen (secondary N) is 1. The van der Waals surface area contributed by atoms with Gasteiger partial charge in [0.25, 0.3) is 0 Å². The van der Waals surface area contributed by atoms with Gasteiger partial charge in [-0.15, -0.1) is 0 Å². The van der Waals surface area contributed by atoms with Gasteiger partial charge in [-0.05, 0) is 26.7 Å². The fourth-order valence-electron chi connectivity index (χ4n) is 1.45. The van der Waals surface area contributed by atoms with E-state index in [0.717, 1.165) is 24.8 Å². The average molecular weight is 179 g/mol. The van der Waals surface area contributed by atoms with Crippen molar-refractivity contribution in [3.05, 3.63) is 17.7 Å². The summed E-state index contributed by atoms with van der Waals surface area (Å²) in [4.78, 5) is 4.26. The maximum Gasteiger partial charge on any atom is 0.0951 e. The minimum Gasteiger partial charge on any atom is -0.333 e. The van der Waals surface area contributed by atoms with Crippen LogP contribution in [0.1, 0.15) is 24.2 Å². The van der Waals surface area contributed by atoms with E-state index >= 15 is 0 Å². The van der Waals surface area contributed by atoms with Gasteiger partial charge >= 0.3 is 0 Å². The molecule has 0 aromatic carbocycles. The Balaban J connectivity index is 1.82. The number of aromatic nitrogens is 2. The highest BCUT2D eigenvalue weighted by atomic mass is 15.1. The third kappa shape index (κ3) is 2.10. The van der Waals surface area contributed by atoms with Crippen LogP contribution >= 0.6 is 0 Å². The van der Waals surface area contributed by atoms with Crippen LogP contribution in [0.25, 0.3) is 0 Å². The summed E-state index contributed by atoms with van der Waals surface area (Å²) >= 11 is 0. The minimum atomic E-state index is 0.810. The van der Waals surface area contributed by atoms with Gasteiger partial charge in [0.05, 0.1) is 12.0 Å². The molecule has 0 aliphatic heterocycles. The molecule has 1 heterocycles. The van der Waals surface area contributed by atoms with E-state index in [-0.39, 0.29) is 0 Å². The quantitative estimate of drug-likeness (QED) is 0.754. The Bertz CT molecular complexity index is 286. The zero-order chi connectivity index (χ0) is 9.26. The second-order valence-corrected chi connectivity index (χ2v) is 3.84. The Hall–Kier alpha value is -0.830. The first-order chi connectivity index (χ1) is 6.27. The van der Waals surface area contributed by atoms with Crippen LogP contribution in [0, 0.1) is 13.8 Å². The summed E-state index contributed by atoms with van der Waals surface area (Å²) in [5.41, 5.74) is 2.43. The Kier molecular flexibility index (Phi) is 2.36. The molecule has 13 heavy (non-hydrogen) atoms. The molecule has 72 valence electrons. The molecule has 0 bridgehead atoms. The molecule has 1 N–H and O–H groups in total. The topological polar surface area (TPSA) is 29.9 Å². The number of nitrogens with zero attached hydrogens (tertiary/aromatic N) is 2. The SMILES string of the molecule is Cc1ncn(CCNC2CC2)c1C. The molecule has 1 aromatic heterocycles. The molecule has 2 rings (SSSR count). The molecule has 0 saturated heterocycles. The highest BCUT2D eigenvalue weighted by Gasteiger charge is 2.19. The molecule has 1 aliphatic rings. The van der Waals surface area contributed by atoms with Gasteiger partial charge in [0, 0.05) is 24.8 Å². The monoisotopic (exact) mass is 179 g/mol. The van der Waals surface area contributed by atoms with Crippen LogP contribution in [0.2, 0.25) is 0 Å². The van der Waals surface area contributed by atoms with Gasteiger partial charge in [0.2, 0.25) is 0 Å². The lowest BCUT2D eigenvalue weighted by molar-refractivity contribution is 0.586. The molecule has 0 amide bonds. The zero-order valence-electron chi connectivity index (χ0n) is 8.38. The molecular formula is C10H17N3. The molecule has 0 unspecified atom stereocenters. The number of imidazole rings is 1. The molecule has 3 nitrogen and oxygen atoms in total. The smallest absolute Gasteiger partial charge is 0.0951 e. The van der Waals surface area contributed by atoms with Crippen molar-refractivity contribution in [2.75, 3.05) is 6.54 Å². The van der Waals surface area contributed by atoms with E-state index in [0.29, 0.717) is 0 Å². The summed E-state index contributed by atoms with van der Waals surface area (Å²) in [5.74, 6) is 0. The first-order valence-electron chi connectivity index (χ1n) is 4.99. The van der Waals surface area contributed by atoms with E-state index in [1.165, 1.54) is 18.5 Å². The second-order valence-electron chi connectivity index (χ2n) is 3.84. The lowest BCUT2D eigenvalue weighted by Gasteiger charge is -2.05. The van der Waals surface area contributed by atoms with Crippen LogP contribution < -0.4 is 5.32 Å². The maximum atomic E-state index is 4.26. The van der Waals surface area contributed by atoms with Crippen molar-refractivity contribution >= 4 is 0 Å². The molecule has 1 saturated carbocycles. The maximum absolute atomic E-state index is 4.26. The fraction of sp³-hybridized carbons (Fsp3) is 0.700. The molecule has 0 spiro atoms. The number of aryl methyl sites for hydroxylation is 1. The highest BCUT2D eigenvalue weighted by Crippen LogP contribution is 2.18. The molecule has 0 atom stereocenters. The van der Waals surface area contributed by atoms with Crippen molar-refractivity contribution in [2.45, 2.75) is 39.3 Å². The van der Waals surface area contributed by atoms with Crippen LogP contribution in [0.15, 0.2) is 6.33 Å². The normalized spacial score (nSPS) is 16.5. The van der Waals surface area contributed by atoms with Crippen molar-refractivity contribution in [3.8, 4) is 0 Å². The van der Waals surface area contributed by atoms with E-state index in [9.17, 15) is 0 Å². The van der Waals surface area contributed by atoms with Crippen LogP contribution in [0.5, 0.6) is 0 Å². The van der Waals surface area contributed by atoms with E-state index in [2.05, 4.69) is 28.7 Å². The molecule has 3 heteroatoms. The summed E-state index contributed by atoms with van der Waals surface area (Å²) < 4.78 is 2.21. The van der Waals surface area contributed by atoms with Gasteiger partial charge in [-0.3, -0.25) is 0 Å². The van der Waals surface area contributed by atoms with E-state index < -0.39 is 0 Å². The van der Waals surface area contributed by atoms with Gasteiger partial charge in [-0.1, -0.05) is 0 Å². The first-order valence-corrected chi connectivity index (χ1v) is 4.99. The molecule has 1 aliphatic carbocycles. The average Bonchev–Trinajstić information content (AvgIpc) is 2.88. The van der Waals surface area contributed by atoms with Crippen LogP contribution in [-0.4, -0.2) is 22.1 Å². The van der Waals surface area contributed by atoms with Gasteiger partial charge < -0.3 is 9.88 Å². The predicted octanol–water partition coefficient (Wildman–Crippen LogP) is 1.25. The largest absolute Gasteiger partial charge is 0.333 e. The lowest BCUT2D eigenvalue weighted by atomic mass is 10.4. The fourth-order valence-corrected chi connectivity index (χ4v) is 1.45. The van der Waals surface area contributed by atoms with Gasteiger partial charge in [0.1, 0.15) is 0 Å². The van der Waals surface area contributed by atoms with E-state index in [1.807, 2.05) is 6.33 Å². The summed E-state index contributed by atoms with van der Waals surface area (Å²) in [6.45, 7) is 6.30. The number of hydrogen-bond acceptors (Lipinski definition) is 2. The molecule has 1 aromatic rings. The zero-order valence-corrected chi connectivity index (χ0v) is 8.38. The van der Waals surface area contributed by atoms with Crippen LogP contribution in [-0.2, 0) is 6.54 Å². The van der Waals surface area contributed by atoms with Crippen LogP contribution in [0.4, 0.5) is 0 Å². The third-order valence-corrected chi connectivity index (χ3v) is 2.71. The molecule has 0 radical (unpaired) electrons.